The SMILES string of the molecule is CC1CN(Cc2nccs2)c2ccccc2NC1=O. The summed E-state index contributed by atoms with van der Waals surface area (Å²) in [5.74, 6) is 0.0430. The summed E-state index contributed by atoms with van der Waals surface area (Å²) in [7, 11) is 0. The van der Waals surface area contributed by atoms with Crippen LogP contribution in [0.1, 0.15) is 11.9 Å². The standard InChI is InChI=1S/C14H15N3OS/c1-10-8-17(9-13-15-6-7-19-13)12-5-3-2-4-11(12)16-14(10)18/h2-7,10H,8-9H2,1H3,(H,16,18). The number of nitrogens with one attached hydrogen (secondary N) is 1. The van der Waals surface area contributed by atoms with Crippen LogP contribution in [0.4, 0.5) is 11.4 Å². The van der Waals surface area contributed by atoms with Gasteiger partial charge in [0.25, 0.3) is 0 Å². The molecule has 0 spiro atoms. The lowest BCUT2D eigenvalue weighted by molar-refractivity contribution is -0.119. The van der Waals surface area contributed by atoms with Crippen molar-refractivity contribution in [2.75, 3.05) is 16.8 Å². The van der Waals surface area contributed by atoms with E-state index in [9.17, 15) is 4.79 Å². The summed E-state index contributed by atoms with van der Waals surface area (Å²) in [6.45, 7) is 3.41. The van der Waals surface area contributed by atoms with Crippen LogP contribution >= 0.6 is 11.3 Å². The summed E-state index contributed by atoms with van der Waals surface area (Å²) in [5, 5.41) is 6.03. The minimum absolute atomic E-state index is 0.0348. The van der Waals surface area contributed by atoms with E-state index in [1.807, 2.05) is 42.8 Å². The first-order valence-corrected chi connectivity index (χ1v) is 7.15. The lowest BCUT2D eigenvalue weighted by atomic mass is 10.1. The number of thiazole rings is 1. The van der Waals surface area contributed by atoms with Crippen molar-refractivity contribution in [3.63, 3.8) is 0 Å². The lowest BCUT2D eigenvalue weighted by Crippen LogP contribution is -2.30. The second-order valence-corrected chi connectivity index (χ2v) is 5.69. The van der Waals surface area contributed by atoms with E-state index in [-0.39, 0.29) is 11.8 Å². The molecule has 0 saturated carbocycles. The number of nitrogens with zero attached hydrogens (tertiary/aromatic N) is 2. The van der Waals surface area contributed by atoms with Gasteiger partial charge in [0.2, 0.25) is 5.91 Å². The molecule has 1 aliphatic rings. The summed E-state index contributed by atoms with van der Waals surface area (Å²) in [6.07, 6.45) is 1.82. The highest BCUT2D eigenvalue weighted by atomic mass is 32.1. The number of carbonyl (C=O) groups excluding carboxylic acids is 1. The second-order valence-electron chi connectivity index (χ2n) is 4.71. The number of amides is 1. The van der Waals surface area contributed by atoms with Crippen molar-refractivity contribution >= 4 is 28.6 Å². The summed E-state index contributed by atoms with van der Waals surface area (Å²) >= 11 is 1.64. The zero-order valence-corrected chi connectivity index (χ0v) is 11.5. The number of para-hydroxylation sites is 2. The van der Waals surface area contributed by atoms with Gasteiger partial charge in [0.1, 0.15) is 5.01 Å². The van der Waals surface area contributed by atoms with E-state index in [0.29, 0.717) is 6.54 Å². The molecule has 0 aliphatic carbocycles. The molecule has 98 valence electrons. The minimum atomic E-state index is -0.0348. The molecule has 1 atom stereocenters. The first-order valence-electron chi connectivity index (χ1n) is 6.27. The molecule has 1 amide bonds. The van der Waals surface area contributed by atoms with Crippen LogP contribution in [0, 0.1) is 5.92 Å². The third-order valence-electron chi connectivity index (χ3n) is 3.25. The van der Waals surface area contributed by atoms with Gasteiger partial charge in [0.15, 0.2) is 0 Å². The fraction of sp³-hybridized carbons (Fsp3) is 0.286. The summed E-state index contributed by atoms with van der Waals surface area (Å²) in [5.41, 5.74) is 1.95. The number of fused-ring (bicyclic) bond motifs is 1. The fourth-order valence-corrected chi connectivity index (χ4v) is 2.90. The van der Waals surface area contributed by atoms with Gasteiger partial charge in [-0.25, -0.2) is 4.98 Å². The Bertz CT molecular complexity index is 582. The first kappa shape index (κ1) is 12.2. The molecule has 3 rings (SSSR count). The Balaban J connectivity index is 1.95. The maximum atomic E-state index is 12.0. The van der Waals surface area contributed by atoms with Crippen molar-refractivity contribution < 1.29 is 4.79 Å². The zero-order valence-electron chi connectivity index (χ0n) is 10.7. The van der Waals surface area contributed by atoms with Gasteiger partial charge in [-0.3, -0.25) is 4.79 Å². The van der Waals surface area contributed by atoms with Crippen molar-refractivity contribution in [1.82, 2.24) is 4.98 Å². The Hall–Kier alpha value is -1.88. The van der Waals surface area contributed by atoms with Gasteiger partial charge in [-0.05, 0) is 12.1 Å². The molecule has 0 fully saturated rings. The maximum Gasteiger partial charge on any atom is 0.229 e. The van der Waals surface area contributed by atoms with Crippen LogP contribution < -0.4 is 10.2 Å². The number of benzene rings is 1. The van der Waals surface area contributed by atoms with E-state index in [0.717, 1.165) is 22.9 Å². The van der Waals surface area contributed by atoms with Crippen molar-refractivity contribution in [1.29, 1.82) is 0 Å². The van der Waals surface area contributed by atoms with Crippen LogP contribution in [-0.4, -0.2) is 17.4 Å². The van der Waals surface area contributed by atoms with Gasteiger partial charge in [-0.15, -0.1) is 11.3 Å². The lowest BCUT2D eigenvalue weighted by Gasteiger charge is -2.24. The number of hydrogen-bond acceptors (Lipinski definition) is 4. The largest absolute Gasteiger partial charge is 0.362 e. The maximum absolute atomic E-state index is 12.0. The molecule has 1 unspecified atom stereocenters. The molecule has 0 bridgehead atoms. The highest BCUT2D eigenvalue weighted by Crippen LogP contribution is 2.31. The van der Waals surface area contributed by atoms with Gasteiger partial charge < -0.3 is 10.2 Å². The number of hydrogen-bond donors (Lipinski definition) is 1. The van der Waals surface area contributed by atoms with E-state index in [4.69, 9.17) is 0 Å². The van der Waals surface area contributed by atoms with E-state index >= 15 is 0 Å². The predicted molar refractivity (Wildman–Crippen MR) is 77.4 cm³/mol. The highest BCUT2D eigenvalue weighted by Gasteiger charge is 2.24. The second kappa shape index (κ2) is 5.01. The van der Waals surface area contributed by atoms with Gasteiger partial charge in [0.05, 0.1) is 23.8 Å². The molecule has 1 aromatic heterocycles. The van der Waals surface area contributed by atoms with Crippen LogP contribution in [0.5, 0.6) is 0 Å². The molecule has 1 aliphatic heterocycles. The molecular weight excluding hydrogens is 258 g/mol. The van der Waals surface area contributed by atoms with Crippen LogP contribution in [0.3, 0.4) is 0 Å². The Morgan fingerprint density at radius 1 is 1.47 bits per heavy atom. The highest BCUT2D eigenvalue weighted by molar-refractivity contribution is 7.09. The van der Waals surface area contributed by atoms with E-state index < -0.39 is 0 Å². The number of anilines is 2. The Morgan fingerprint density at radius 2 is 2.32 bits per heavy atom. The third-order valence-corrected chi connectivity index (χ3v) is 4.02. The molecule has 1 aromatic carbocycles. The van der Waals surface area contributed by atoms with Gasteiger partial charge in [-0.1, -0.05) is 19.1 Å². The van der Waals surface area contributed by atoms with Crippen molar-refractivity contribution in [3.8, 4) is 0 Å². The molecule has 2 aromatic rings. The summed E-state index contributed by atoms with van der Waals surface area (Å²) in [6, 6.07) is 7.92. The van der Waals surface area contributed by atoms with Gasteiger partial charge in [-0.2, -0.15) is 0 Å². The van der Waals surface area contributed by atoms with Gasteiger partial charge in [0, 0.05) is 18.1 Å². The molecule has 0 saturated heterocycles. The fourth-order valence-electron chi connectivity index (χ4n) is 2.27. The van der Waals surface area contributed by atoms with Gasteiger partial charge >= 0.3 is 0 Å². The summed E-state index contributed by atoms with van der Waals surface area (Å²) in [4.78, 5) is 18.5. The van der Waals surface area contributed by atoms with Crippen LogP contribution in [0.2, 0.25) is 0 Å². The average Bonchev–Trinajstić information content (AvgIpc) is 2.87. The molecule has 4 nitrogen and oxygen atoms in total. The van der Waals surface area contributed by atoms with E-state index in [2.05, 4.69) is 15.2 Å². The summed E-state index contributed by atoms with van der Waals surface area (Å²) < 4.78 is 0. The number of rotatable bonds is 2. The Labute approximate surface area is 116 Å². The molecule has 5 heteroatoms. The van der Waals surface area contributed by atoms with Crippen molar-refractivity contribution in [3.05, 3.63) is 40.8 Å². The number of carbonyl (C=O) groups is 1. The molecule has 0 radical (unpaired) electrons. The van der Waals surface area contributed by atoms with Crippen molar-refractivity contribution in [2.24, 2.45) is 5.92 Å². The zero-order chi connectivity index (χ0) is 13.2. The van der Waals surface area contributed by atoms with E-state index in [1.165, 1.54) is 0 Å². The average molecular weight is 273 g/mol. The smallest absolute Gasteiger partial charge is 0.229 e. The van der Waals surface area contributed by atoms with Crippen LogP contribution in [0.25, 0.3) is 0 Å². The molecule has 1 N–H and O–H groups in total. The minimum Gasteiger partial charge on any atom is -0.362 e. The topological polar surface area (TPSA) is 45.2 Å². The van der Waals surface area contributed by atoms with E-state index in [1.54, 1.807) is 11.3 Å². The Morgan fingerprint density at radius 3 is 3.11 bits per heavy atom. The monoisotopic (exact) mass is 273 g/mol. The van der Waals surface area contributed by atoms with Crippen molar-refractivity contribution in [2.45, 2.75) is 13.5 Å². The van der Waals surface area contributed by atoms with Crippen LogP contribution in [-0.2, 0) is 11.3 Å². The first-order chi connectivity index (χ1) is 9.24. The third kappa shape index (κ3) is 2.46. The molecule has 2 heterocycles. The predicted octanol–water partition coefficient (Wildman–Crippen LogP) is 2.74. The molecular formula is C14H15N3OS. The normalized spacial score (nSPS) is 18.7. The molecule has 19 heavy (non-hydrogen) atoms. The van der Waals surface area contributed by atoms with Crippen LogP contribution in [0.15, 0.2) is 35.8 Å². The number of aromatic nitrogens is 1. The Kier molecular flexibility index (Phi) is 3.21. The quantitative estimate of drug-likeness (QED) is 0.915.